The van der Waals surface area contributed by atoms with Gasteiger partial charge in [0.15, 0.2) is 10.8 Å². The number of rotatable bonds is 3. The van der Waals surface area contributed by atoms with Crippen molar-refractivity contribution < 1.29 is 19.1 Å². The number of carboxylic acid groups (broad SMARTS) is 1. The molecule has 102 valence electrons. The van der Waals surface area contributed by atoms with Gasteiger partial charge in [0.2, 0.25) is 0 Å². The highest BCUT2D eigenvalue weighted by Crippen LogP contribution is 2.20. The molecule has 0 aliphatic heterocycles. The number of aromatic nitrogens is 2. The summed E-state index contributed by atoms with van der Waals surface area (Å²) in [7, 11) is 0. The fourth-order valence-corrected chi connectivity index (χ4v) is 1.54. The van der Waals surface area contributed by atoms with Gasteiger partial charge in [-0.25, -0.2) is 9.18 Å². The second kappa shape index (κ2) is 5.62. The summed E-state index contributed by atoms with van der Waals surface area (Å²) in [5.41, 5.74) is -0.906. The predicted octanol–water partition coefficient (Wildman–Crippen LogP) is 2.22. The molecule has 0 saturated carbocycles. The number of hydrogen-bond acceptors (Lipinski definition) is 4. The highest BCUT2D eigenvalue weighted by atomic mass is 35.5. The minimum atomic E-state index is -1.36. The smallest absolute Gasteiger partial charge is 0.337 e. The molecule has 0 unspecified atom stereocenters. The van der Waals surface area contributed by atoms with Gasteiger partial charge in [0, 0.05) is 0 Å². The van der Waals surface area contributed by atoms with E-state index in [-0.39, 0.29) is 16.4 Å². The summed E-state index contributed by atoms with van der Waals surface area (Å²) in [5.74, 6) is -3.01. The Balaban J connectivity index is 2.32. The fourth-order valence-electron chi connectivity index (χ4n) is 1.44. The van der Waals surface area contributed by atoms with Crippen LogP contribution in [0, 0.1) is 5.82 Å². The number of amides is 1. The van der Waals surface area contributed by atoms with Gasteiger partial charge in [-0.3, -0.25) is 4.79 Å². The molecule has 0 saturated heterocycles. The molecule has 0 aliphatic carbocycles. The molecule has 0 atom stereocenters. The van der Waals surface area contributed by atoms with Crippen LogP contribution < -0.4 is 5.32 Å². The number of aromatic carboxylic acids is 1. The largest absolute Gasteiger partial charge is 0.478 e. The Morgan fingerprint density at radius 3 is 2.55 bits per heavy atom. The summed E-state index contributed by atoms with van der Waals surface area (Å²) in [4.78, 5) is 22.8. The molecule has 2 aromatic rings. The van der Waals surface area contributed by atoms with E-state index < -0.39 is 23.4 Å². The number of carboxylic acids is 1. The number of carbonyl (C=O) groups is 2. The van der Waals surface area contributed by atoms with E-state index in [1.54, 1.807) is 0 Å². The van der Waals surface area contributed by atoms with Crippen molar-refractivity contribution in [2.24, 2.45) is 0 Å². The van der Waals surface area contributed by atoms with Crippen molar-refractivity contribution in [2.45, 2.75) is 0 Å². The quantitative estimate of drug-likeness (QED) is 0.906. The Bertz CT molecular complexity index is 676. The van der Waals surface area contributed by atoms with E-state index in [1.165, 1.54) is 24.3 Å². The number of anilines is 1. The molecule has 2 rings (SSSR count). The molecule has 1 aromatic heterocycles. The first-order valence-corrected chi connectivity index (χ1v) is 5.69. The average molecular weight is 296 g/mol. The van der Waals surface area contributed by atoms with Crippen LogP contribution in [0.3, 0.4) is 0 Å². The summed E-state index contributed by atoms with van der Waals surface area (Å²) < 4.78 is 13.6. The minimum Gasteiger partial charge on any atom is -0.478 e. The lowest BCUT2D eigenvalue weighted by Gasteiger charge is -2.08. The highest BCUT2D eigenvalue weighted by molar-refractivity contribution is 6.29. The number of carbonyl (C=O) groups excluding carboxylic acids is 1. The molecular formula is C12H7ClFN3O3. The van der Waals surface area contributed by atoms with E-state index >= 15 is 0 Å². The van der Waals surface area contributed by atoms with Crippen molar-refractivity contribution in [1.82, 2.24) is 10.2 Å². The molecular weight excluding hydrogens is 289 g/mol. The summed E-state index contributed by atoms with van der Waals surface area (Å²) in [5, 5.41) is 18.2. The van der Waals surface area contributed by atoms with Gasteiger partial charge in [-0.05, 0) is 24.3 Å². The van der Waals surface area contributed by atoms with Gasteiger partial charge in [0.25, 0.3) is 5.91 Å². The Labute approximate surface area is 117 Å². The van der Waals surface area contributed by atoms with Crippen molar-refractivity contribution in [3.63, 3.8) is 0 Å². The van der Waals surface area contributed by atoms with Crippen LogP contribution in [0.4, 0.5) is 10.1 Å². The fraction of sp³-hybridized carbons (Fsp3) is 0. The van der Waals surface area contributed by atoms with E-state index in [1.807, 2.05) is 0 Å². The molecule has 20 heavy (non-hydrogen) atoms. The Morgan fingerprint density at radius 2 is 1.95 bits per heavy atom. The predicted molar refractivity (Wildman–Crippen MR) is 68.4 cm³/mol. The third-order valence-corrected chi connectivity index (χ3v) is 2.55. The molecule has 1 amide bonds. The van der Waals surface area contributed by atoms with Crippen LogP contribution >= 0.6 is 11.6 Å². The molecule has 0 spiro atoms. The van der Waals surface area contributed by atoms with Crippen molar-refractivity contribution in [3.05, 3.63) is 52.6 Å². The van der Waals surface area contributed by atoms with E-state index in [9.17, 15) is 14.0 Å². The molecule has 6 nitrogen and oxygen atoms in total. The van der Waals surface area contributed by atoms with Gasteiger partial charge in [-0.1, -0.05) is 17.7 Å². The molecule has 2 N–H and O–H groups in total. The van der Waals surface area contributed by atoms with Crippen LogP contribution in [0.5, 0.6) is 0 Å². The third-order valence-electron chi connectivity index (χ3n) is 2.35. The zero-order chi connectivity index (χ0) is 14.7. The van der Waals surface area contributed by atoms with Crippen LogP contribution in [-0.2, 0) is 0 Å². The molecule has 1 aromatic carbocycles. The van der Waals surface area contributed by atoms with E-state index in [0.717, 1.165) is 6.07 Å². The Kier molecular flexibility index (Phi) is 3.90. The molecule has 8 heteroatoms. The van der Waals surface area contributed by atoms with Gasteiger partial charge in [0.1, 0.15) is 5.82 Å². The van der Waals surface area contributed by atoms with Crippen molar-refractivity contribution in [1.29, 1.82) is 0 Å². The molecule has 0 bridgehead atoms. The number of nitrogens with one attached hydrogen (secondary N) is 1. The third kappa shape index (κ3) is 2.89. The number of benzene rings is 1. The summed E-state index contributed by atoms with van der Waals surface area (Å²) in [6.07, 6.45) is 0. The van der Waals surface area contributed by atoms with Crippen LogP contribution in [-0.4, -0.2) is 27.2 Å². The first-order valence-electron chi connectivity index (χ1n) is 5.31. The first-order chi connectivity index (χ1) is 9.49. The Morgan fingerprint density at radius 1 is 1.20 bits per heavy atom. The van der Waals surface area contributed by atoms with Gasteiger partial charge in [0.05, 0.1) is 11.3 Å². The zero-order valence-electron chi connectivity index (χ0n) is 9.80. The topological polar surface area (TPSA) is 92.2 Å². The van der Waals surface area contributed by atoms with Gasteiger partial charge in [-0.2, -0.15) is 0 Å². The van der Waals surface area contributed by atoms with Crippen LogP contribution in [0.1, 0.15) is 20.8 Å². The molecule has 0 fully saturated rings. The molecule has 0 radical (unpaired) electrons. The van der Waals surface area contributed by atoms with Crippen molar-refractivity contribution >= 4 is 29.2 Å². The number of nitrogens with zero attached hydrogens (tertiary/aromatic N) is 2. The maximum Gasteiger partial charge on any atom is 0.337 e. The molecule has 0 aliphatic rings. The monoisotopic (exact) mass is 295 g/mol. The first kappa shape index (κ1) is 13.9. The lowest BCUT2D eigenvalue weighted by Crippen LogP contribution is -2.17. The summed E-state index contributed by atoms with van der Waals surface area (Å²) >= 11 is 5.53. The van der Waals surface area contributed by atoms with Crippen LogP contribution in [0.2, 0.25) is 5.15 Å². The number of para-hydroxylation sites is 1. The maximum absolute atomic E-state index is 13.6. The second-order valence-corrected chi connectivity index (χ2v) is 4.05. The lowest BCUT2D eigenvalue weighted by molar-refractivity contribution is 0.0697. The number of hydrogen-bond donors (Lipinski definition) is 2. The maximum atomic E-state index is 13.6. The van der Waals surface area contributed by atoms with Crippen LogP contribution in [0.25, 0.3) is 0 Å². The highest BCUT2D eigenvalue weighted by Gasteiger charge is 2.18. The van der Waals surface area contributed by atoms with Crippen molar-refractivity contribution in [2.75, 3.05) is 5.32 Å². The average Bonchev–Trinajstić information content (AvgIpc) is 2.41. The summed E-state index contributed by atoms with van der Waals surface area (Å²) in [6, 6.07) is 6.07. The Hall–Kier alpha value is -2.54. The van der Waals surface area contributed by atoms with E-state index in [0.29, 0.717) is 0 Å². The second-order valence-electron chi connectivity index (χ2n) is 3.66. The zero-order valence-corrected chi connectivity index (χ0v) is 10.6. The number of halogens is 2. The van der Waals surface area contributed by atoms with Crippen molar-refractivity contribution in [3.8, 4) is 0 Å². The summed E-state index contributed by atoms with van der Waals surface area (Å²) in [6.45, 7) is 0. The lowest BCUT2D eigenvalue weighted by atomic mass is 10.1. The standard InChI is InChI=1S/C12H7ClFN3O3/c13-9-5-4-8(16-17-9)11(18)15-10-6(12(19)20)2-1-3-7(10)14/h1-5H,(H,15,18)(H,19,20). The van der Waals surface area contributed by atoms with Gasteiger partial charge >= 0.3 is 5.97 Å². The van der Waals surface area contributed by atoms with Gasteiger partial charge in [-0.15, -0.1) is 10.2 Å². The van der Waals surface area contributed by atoms with E-state index in [4.69, 9.17) is 16.7 Å². The van der Waals surface area contributed by atoms with E-state index in [2.05, 4.69) is 15.5 Å². The minimum absolute atomic E-state index is 0.0960. The molecule has 1 heterocycles. The van der Waals surface area contributed by atoms with Crippen LogP contribution in [0.15, 0.2) is 30.3 Å². The normalized spacial score (nSPS) is 10.1. The van der Waals surface area contributed by atoms with Gasteiger partial charge < -0.3 is 10.4 Å². The SMILES string of the molecule is O=C(Nc1c(F)cccc1C(=O)O)c1ccc(Cl)nn1.